The lowest BCUT2D eigenvalue weighted by atomic mass is 10.1. The fraction of sp³-hybridized carbons (Fsp3) is 0. The monoisotopic (exact) mass is 312 g/mol. The molecule has 0 unspecified atom stereocenters. The molecule has 7 heteroatoms. The Morgan fingerprint density at radius 2 is 1.77 bits per heavy atom. The first-order chi connectivity index (χ1) is 10.7. The summed E-state index contributed by atoms with van der Waals surface area (Å²) in [4.78, 5) is 24.2. The van der Waals surface area contributed by atoms with Gasteiger partial charge >= 0.3 is 0 Å². The molecule has 2 aromatic heterocycles. The highest BCUT2D eigenvalue weighted by Gasteiger charge is 2.12. The van der Waals surface area contributed by atoms with Crippen molar-refractivity contribution in [1.29, 1.82) is 0 Å². The zero-order valence-corrected chi connectivity index (χ0v) is 12.2. The highest BCUT2D eigenvalue weighted by molar-refractivity contribution is 7.12. The van der Waals surface area contributed by atoms with Gasteiger partial charge in [0.2, 0.25) is 0 Å². The van der Waals surface area contributed by atoms with Crippen LogP contribution in [0.4, 0.5) is 0 Å². The number of aromatic nitrogens is 2. The zero-order valence-electron chi connectivity index (χ0n) is 11.4. The first-order valence-corrected chi connectivity index (χ1v) is 7.37. The summed E-state index contributed by atoms with van der Waals surface area (Å²) in [6, 6.07) is 14.6. The van der Waals surface area contributed by atoms with Crippen molar-refractivity contribution in [2.24, 2.45) is 0 Å². The molecule has 22 heavy (non-hydrogen) atoms. The first kappa shape index (κ1) is 14.0. The molecule has 2 amide bonds. The molecular weight excluding hydrogens is 300 g/mol. The Morgan fingerprint density at radius 1 is 1.00 bits per heavy atom. The summed E-state index contributed by atoms with van der Waals surface area (Å²) in [5, 5.41) is 8.53. The highest BCUT2D eigenvalue weighted by Crippen LogP contribution is 2.16. The normalized spacial score (nSPS) is 10.2. The number of aromatic amines is 1. The molecule has 1 aromatic carbocycles. The van der Waals surface area contributed by atoms with Gasteiger partial charge in [0.05, 0.1) is 10.6 Å². The Kier molecular flexibility index (Phi) is 3.97. The highest BCUT2D eigenvalue weighted by atomic mass is 32.1. The van der Waals surface area contributed by atoms with Crippen LogP contribution in [0.5, 0.6) is 0 Å². The van der Waals surface area contributed by atoms with Crippen LogP contribution in [0.2, 0.25) is 0 Å². The van der Waals surface area contributed by atoms with E-state index < -0.39 is 5.91 Å². The van der Waals surface area contributed by atoms with Crippen LogP contribution < -0.4 is 10.9 Å². The molecule has 0 aliphatic carbocycles. The molecule has 0 atom stereocenters. The van der Waals surface area contributed by atoms with Crippen LogP contribution in [0.1, 0.15) is 20.2 Å². The minimum Gasteiger partial charge on any atom is -0.272 e. The standard InChI is InChI=1S/C15H12N4O2S/c20-14(18-19-15(21)13-7-4-8-22-13)12-9-11(16-17-12)10-5-2-1-3-6-10/h1-9H,(H,16,17)(H,18,20)(H,19,21). The van der Waals surface area contributed by atoms with Crippen molar-refractivity contribution in [1.82, 2.24) is 21.0 Å². The fourth-order valence-corrected chi connectivity index (χ4v) is 2.46. The van der Waals surface area contributed by atoms with Gasteiger partial charge in [-0.05, 0) is 17.5 Å². The number of hydrogen-bond donors (Lipinski definition) is 3. The fourth-order valence-electron chi connectivity index (χ4n) is 1.85. The van der Waals surface area contributed by atoms with Crippen molar-refractivity contribution in [2.75, 3.05) is 0 Å². The van der Waals surface area contributed by atoms with Gasteiger partial charge in [-0.3, -0.25) is 25.5 Å². The molecule has 0 aliphatic heterocycles. The second-order valence-corrected chi connectivity index (χ2v) is 5.37. The SMILES string of the molecule is O=C(NNC(=O)c1cccs1)c1cc(-c2ccccc2)n[nH]1. The average molecular weight is 312 g/mol. The molecule has 3 rings (SSSR count). The summed E-state index contributed by atoms with van der Waals surface area (Å²) in [6.45, 7) is 0. The van der Waals surface area contributed by atoms with Crippen molar-refractivity contribution in [3.63, 3.8) is 0 Å². The van der Waals surface area contributed by atoms with E-state index in [4.69, 9.17) is 0 Å². The van der Waals surface area contributed by atoms with Gasteiger partial charge in [-0.2, -0.15) is 5.10 Å². The van der Waals surface area contributed by atoms with Crippen molar-refractivity contribution >= 4 is 23.2 Å². The summed E-state index contributed by atoms with van der Waals surface area (Å²) < 4.78 is 0. The van der Waals surface area contributed by atoms with E-state index in [1.54, 1.807) is 23.6 Å². The van der Waals surface area contributed by atoms with Gasteiger partial charge in [0.15, 0.2) is 0 Å². The number of hydrazine groups is 1. The van der Waals surface area contributed by atoms with Gasteiger partial charge in [-0.1, -0.05) is 36.4 Å². The summed E-state index contributed by atoms with van der Waals surface area (Å²) in [5.41, 5.74) is 6.54. The quantitative estimate of drug-likeness (QED) is 0.648. The maximum absolute atomic E-state index is 12.0. The maximum atomic E-state index is 12.0. The molecule has 0 saturated heterocycles. The summed E-state index contributed by atoms with van der Waals surface area (Å²) in [5.74, 6) is -0.814. The largest absolute Gasteiger partial charge is 0.287 e. The molecule has 0 radical (unpaired) electrons. The lowest BCUT2D eigenvalue weighted by Gasteiger charge is -2.04. The van der Waals surface area contributed by atoms with Gasteiger partial charge < -0.3 is 0 Å². The van der Waals surface area contributed by atoms with E-state index in [1.807, 2.05) is 30.3 Å². The second-order valence-electron chi connectivity index (χ2n) is 4.42. The smallest absolute Gasteiger partial charge is 0.272 e. The second kappa shape index (κ2) is 6.23. The topological polar surface area (TPSA) is 86.9 Å². The molecule has 0 fully saturated rings. The van der Waals surface area contributed by atoms with E-state index >= 15 is 0 Å². The number of nitrogens with zero attached hydrogens (tertiary/aromatic N) is 1. The number of carbonyl (C=O) groups is 2. The number of rotatable bonds is 3. The Balaban J connectivity index is 1.64. The van der Waals surface area contributed by atoms with Gasteiger partial charge in [0, 0.05) is 5.56 Å². The van der Waals surface area contributed by atoms with Gasteiger partial charge in [-0.15, -0.1) is 11.3 Å². The van der Waals surface area contributed by atoms with E-state index in [-0.39, 0.29) is 11.6 Å². The molecule has 0 bridgehead atoms. The van der Waals surface area contributed by atoms with Crippen molar-refractivity contribution in [3.05, 3.63) is 64.5 Å². The molecule has 3 aromatic rings. The molecule has 0 saturated carbocycles. The van der Waals surface area contributed by atoms with Crippen LogP contribution in [-0.4, -0.2) is 22.0 Å². The van der Waals surface area contributed by atoms with Crippen LogP contribution in [0.3, 0.4) is 0 Å². The Labute approximate surface area is 130 Å². The van der Waals surface area contributed by atoms with Crippen LogP contribution in [0, 0.1) is 0 Å². The van der Waals surface area contributed by atoms with Crippen LogP contribution in [0.15, 0.2) is 53.9 Å². The van der Waals surface area contributed by atoms with E-state index in [9.17, 15) is 9.59 Å². The number of nitrogens with one attached hydrogen (secondary N) is 3. The predicted octanol–water partition coefficient (Wildman–Crippen LogP) is 2.21. The molecule has 0 aliphatic rings. The van der Waals surface area contributed by atoms with Gasteiger partial charge in [0.1, 0.15) is 5.69 Å². The molecular formula is C15H12N4O2S. The number of H-pyrrole nitrogens is 1. The van der Waals surface area contributed by atoms with Crippen LogP contribution >= 0.6 is 11.3 Å². The van der Waals surface area contributed by atoms with E-state index in [2.05, 4.69) is 21.0 Å². The van der Waals surface area contributed by atoms with E-state index in [1.165, 1.54) is 11.3 Å². The van der Waals surface area contributed by atoms with Gasteiger partial charge in [-0.25, -0.2) is 0 Å². The third kappa shape index (κ3) is 3.04. The Bertz CT molecular complexity index is 781. The van der Waals surface area contributed by atoms with Crippen molar-refractivity contribution in [2.45, 2.75) is 0 Å². The number of thiophene rings is 1. The number of hydrogen-bond acceptors (Lipinski definition) is 4. The third-order valence-electron chi connectivity index (χ3n) is 2.93. The molecule has 0 spiro atoms. The van der Waals surface area contributed by atoms with E-state index in [0.717, 1.165) is 5.56 Å². The minimum absolute atomic E-state index is 0.269. The maximum Gasteiger partial charge on any atom is 0.287 e. The lowest BCUT2D eigenvalue weighted by molar-refractivity contribution is 0.0846. The van der Waals surface area contributed by atoms with Crippen molar-refractivity contribution < 1.29 is 9.59 Å². The van der Waals surface area contributed by atoms with Crippen LogP contribution in [0.25, 0.3) is 11.3 Å². The summed E-state index contributed by atoms with van der Waals surface area (Å²) in [7, 11) is 0. The Morgan fingerprint density at radius 3 is 2.50 bits per heavy atom. The summed E-state index contributed by atoms with van der Waals surface area (Å²) >= 11 is 1.30. The molecule has 110 valence electrons. The molecule has 3 N–H and O–H groups in total. The Hall–Kier alpha value is -2.93. The zero-order chi connectivity index (χ0) is 15.4. The number of carbonyl (C=O) groups excluding carboxylic acids is 2. The van der Waals surface area contributed by atoms with Gasteiger partial charge in [0.25, 0.3) is 11.8 Å². The van der Waals surface area contributed by atoms with E-state index in [0.29, 0.717) is 10.6 Å². The average Bonchev–Trinajstić information content (AvgIpc) is 3.24. The minimum atomic E-state index is -0.459. The predicted molar refractivity (Wildman–Crippen MR) is 83.3 cm³/mol. The third-order valence-corrected chi connectivity index (χ3v) is 3.80. The number of benzene rings is 1. The molecule has 6 nitrogen and oxygen atoms in total. The number of amides is 2. The summed E-state index contributed by atoms with van der Waals surface area (Å²) in [6.07, 6.45) is 0. The van der Waals surface area contributed by atoms with Crippen molar-refractivity contribution in [3.8, 4) is 11.3 Å². The molecule has 2 heterocycles. The first-order valence-electron chi connectivity index (χ1n) is 6.49. The lowest BCUT2D eigenvalue weighted by Crippen LogP contribution is -2.41. The van der Waals surface area contributed by atoms with Crippen LogP contribution in [-0.2, 0) is 0 Å².